The van der Waals surface area contributed by atoms with E-state index < -0.39 is 63.3 Å². The highest BCUT2D eigenvalue weighted by atomic mass is 19.4. The van der Waals surface area contributed by atoms with Gasteiger partial charge in [0.2, 0.25) is 5.82 Å². The highest BCUT2D eigenvalue weighted by Gasteiger charge is 2.39. The molecule has 119 heavy (non-hydrogen) atoms. The zero-order valence-electron chi connectivity index (χ0n) is 62.0. The Bertz CT molecular complexity index is 6750. The summed E-state index contributed by atoms with van der Waals surface area (Å²) in [7, 11) is 0. The molecule has 0 bridgehead atoms. The molecule has 0 spiro atoms. The second kappa shape index (κ2) is 29.5. The quantitative estimate of drug-likeness (QED) is 0.0543. The van der Waals surface area contributed by atoms with Crippen molar-refractivity contribution >= 4 is 43.6 Å². The monoisotopic (exact) mass is 1570 g/mol. The molecule has 0 aliphatic rings. The van der Waals surface area contributed by atoms with Crippen LogP contribution in [0, 0.1) is 29.1 Å². The average Bonchev–Trinajstić information content (AvgIpc) is 1.58. The summed E-state index contributed by atoms with van der Waals surface area (Å²) >= 11 is 0. The lowest BCUT2D eigenvalue weighted by atomic mass is 9.96. The van der Waals surface area contributed by atoms with Crippen LogP contribution in [0.2, 0.25) is 0 Å². The fourth-order valence-electron chi connectivity index (χ4n) is 15.1. The van der Waals surface area contributed by atoms with Gasteiger partial charge in [0.05, 0.1) is 44.6 Å². The summed E-state index contributed by atoms with van der Waals surface area (Å²) in [5.74, 6) is -9.49. The van der Waals surface area contributed by atoms with Gasteiger partial charge in [0.25, 0.3) is 0 Å². The van der Waals surface area contributed by atoms with E-state index in [4.69, 9.17) is 59.8 Å². The molecule has 20 rings (SSSR count). The first-order chi connectivity index (χ1) is 58.2. The van der Waals surface area contributed by atoms with Crippen LogP contribution >= 0.6 is 0 Å². The normalized spacial score (nSPS) is 11.7. The van der Waals surface area contributed by atoms with Crippen LogP contribution in [0.15, 0.2) is 328 Å². The number of alkyl halides is 3. The lowest BCUT2D eigenvalue weighted by Gasteiger charge is -2.23. The van der Waals surface area contributed by atoms with Crippen molar-refractivity contribution in [3.63, 3.8) is 0 Å². The fourth-order valence-corrected chi connectivity index (χ4v) is 15.1. The van der Waals surface area contributed by atoms with Crippen molar-refractivity contribution in [3.05, 3.63) is 362 Å². The SMILES string of the molecule is Fc1c(F)c(F)c(-c2cc(-n3c4cc(-c5nc(-c6ccccc6)nc(-c6ccccc6)n5)ccc4c4ccc(-c5nc(-c6ccccc6)nc(-c6ccccc6)n5)cc43)c(C(F)(F)F)cc2-n2c3cc(-c4nc(-c5ccccc5)nc(-c5ccccc5)n4)ccc3c3ccc(-c4nc(-c5ccccc5)nc(-c5ccccc5)n4)cc32)c(F)c1F. The summed E-state index contributed by atoms with van der Waals surface area (Å²) in [6.07, 6.45) is -5.46. The molecule has 0 aliphatic carbocycles. The third-order valence-electron chi connectivity index (χ3n) is 20.7. The Kier molecular flexibility index (Phi) is 17.9. The summed E-state index contributed by atoms with van der Waals surface area (Å²) in [5.41, 5.74) is 0.797. The number of fused-ring (bicyclic) bond motifs is 6. The lowest BCUT2D eigenvalue weighted by molar-refractivity contribution is -0.137. The van der Waals surface area contributed by atoms with Gasteiger partial charge in [-0.3, -0.25) is 0 Å². The fraction of sp³-hybridized carbons (Fsp3) is 0.0103. The highest BCUT2D eigenvalue weighted by molar-refractivity contribution is 6.13. The van der Waals surface area contributed by atoms with Crippen molar-refractivity contribution < 1.29 is 35.1 Å². The van der Waals surface area contributed by atoms with Crippen LogP contribution in [-0.2, 0) is 6.18 Å². The molecule has 0 saturated heterocycles. The zero-order valence-corrected chi connectivity index (χ0v) is 62.0. The standard InChI is InChI=1S/C97H54F8N14/c98-80-79(81(99)83(101)84(102)82(80)100)71-53-78(119-75-51-65(95-114-89(59-33-17-5-18-34-59)108-90(115-95)60-35-19-6-20-36-60)43-47-69(75)70-48-44-66(52-76(70)119)96-116-91(61-37-21-7-22-38-61)109-92(117-96)62-39-23-8-24-40-62)72(97(103,104)105)54-77(71)118-73-49-63(93-110-85(55-25-9-1-10-26-55)106-86(111-93)56-27-11-2-12-28-56)41-45-67(73)68-46-42-64(50-74(68)118)94-112-87(57-29-13-3-14-30-57)107-88(113-94)58-31-15-4-16-32-58/h1-54H. The van der Waals surface area contributed by atoms with Gasteiger partial charge in [-0.2, -0.15) is 13.2 Å². The predicted octanol–water partition coefficient (Wildman–Crippen LogP) is 24.0. The van der Waals surface area contributed by atoms with Crippen LogP contribution < -0.4 is 0 Å². The molecule has 0 amide bonds. The van der Waals surface area contributed by atoms with E-state index >= 15 is 35.1 Å². The molecule has 22 heteroatoms. The molecule has 14 nitrogen and oxygen atoms in total. The van der Waals surface area contributed by atoms with Crippen molar-refractivity contribution in [1.29, 1.82) is 0 Å². The number of nitrogens with zero attached hydrogens (tertiary/aromatic N) is 14. The molecule has 6 heterocycles. The van der Waals surface area contributed by atoms with E-state index in [0.29, 0.717) is 72.1 Å². The Morgan fingerprint density at radius 2 is 0.387 bits per heavy atom. The van der Waals surface area contributed by atoms with Gasteiger partial charge in [-0.1, -0.05) is 291 Å². The van der Waals surface area contributed by atoms with Crippen LogP contribution in [0.1, 0.15) is 5.56 Å². The van der Waals surface area contributed by atoms with Crippen molar-refractivity contribution in [2.24, 2.45) is 0 Å². The molecule has 0 fully saturated rings. The van der Waals surface area contributed by atoms with Gasteiger partial charge in [-0.25, -0.2) is 81.8 Å². The van der Waals surface area contributed by atoms with Crippen LogP contribution in [0.4, 0.5) is 35.1 Å². The molecule has 0 saturated carbocycles. The summed E-state index contributed by atoms with van der Waals surface area (Å²) in [6.45, 7) is 0. The minimum absolute atomic E-state index is 0.0418. The van der Waals surface area contributed by atoms with Crippen LogP contribution in [0.3, 0.4) is 0 Å². The summed E-state index contributed by atoms with van der Waals surface area (Å²) in [6, 6.07) is 94.5. The number of benzene rings is 14. The molecule has 20 aromatic rings. The molecule has 6 aromatic heterocycles. The zero-order chi connectivity index (χ0) is 80.6. The third kappa shape index (κ3) is 13.2. The van der Waals surface area contributed by atoms with Gasteiger partial charge >= 0.3 is 6.18 Å². The number of hydrogen-bond donors (Lipinski definition) is 0. The maximum atomic E-state index is 18.0. The molecular weight excluding hydrogens is 1510 g/mol. The van der Waals surface area contributed by atoms with Crippen LogP contribution in [0.5, 0.6) is 0 Å². The number of hydrogen-bond acceptors (Lipinski definition) is 12. The predicted molar refractivity (Wildman–Crippen MR) is 444 cm³/mol. The molecule has 568 valence electrons. The van der Waals surface area contributed by atoms with Gasteiger partial charge in [0.15, 0.2) is 93.2 Å². The summed E-state index contributed by atoms with van der Waals surface area (Å²) < 4.78 is 142. The van der Waals surface area contributed by atoms with Crippen molar-refractivity contribution in [1.82, 2.24) is 68.9 Å². The van der Waals surface area contributed by atoms with E-state index in [0.717, 1.165) is 6.07 Å². The first-order valence-corrected chi connectivity index (χ1v) is 37.6. The van der Waals surface area contributed by atoms with E-state index in [-0.39, 0.29) is 114 Å². The second-order valence-electron chi connectivity index (χ2n) is 28.1. The Morgan fingerprint density at radius 1 is 0.193 bits per heavy atom. The minimum atomic E-state index is -5.46. The van der Waals surface area contributed by atoms with E-state index in [1.54, 1.807) is 72.8 Å². The van der Waals surface area contributed by atoms with E-state index in [1.165, 1.54) is 9.13 Å². The molecule has 14 aromatic carbocycles. The maximum absolute atomic E-state index is 18.0. The Hall–Kier alpha value is -15.8. The highest BCUT2D eigenvalue weighted by Crippen LogP contribution is 2.49. The van der Waals surface area contributed by atoms with Gasteiger partial charge in [0, 0.05) is 93.9 Å². The van der Waals surface area contributed by atoms with Crippen molar-refractivity contribution in [3.8, 4) is 159 Å². The Labute approximate surface area is 671 Å². The molecular formula is C97H54F8N14. The van der Waals surface area contributed by atoms with Gasteiger partial charge in [-0.15, -0.1) is 0 Å². The van der Waals surface area contributed by atoms with Crippen LogP contribution in [0.25, 0.3) is 203 Å². The van der Waals surface area contributed by atoms with E-state index in [1.807, 2.05) is 243 Å². The van der Waals surface area contributed by atoms with Gasteiger partial charge in [0.1, 0.15) is 0 Å². The van der Waals surface area contributed by atoms with Crippen molar-refractivity contribution in [2.45, 2.75) is 6.18 Å². The molecule has 0 aliphatic heterocycles. The molecule has 0 N–H and O–H groups in total. The molecule has 0 radical (unpaired) electrons. The topological polar surface area (TPSA) is 165 Å². The molecule has 0 unspecified atom stereocenters. The molecule has 0 atom stereocenters. The Balaban J connectivity index is 0.908. The van der Waals surface area contributed by atoms with Crippen molar-refractivity contribution in [2.75, 3.05) is 0 Å². The first-order valence-electron chi connectivity index (χ1n) is 37.6. The van der Waals surface area contributed by atoms with E-state index in [9.17, 15) is 0 Å². The Morgan fingerprint density at radius 3 is 0.597 bits per heavy atom. The minimum Gasteiger partial charge on any atom is -0.309 e. The smallest absolute Gasteiger partial charge is 0.309 e. The number of aromatic nitrogens is 14. The lowest BCUT2D eigenvalue weighted by Crippen LogP contribution is -2.14. The largest absolute Gasteiger partial charge is 0.418 e. The van der Waals surface area contributed by atoms with E-state index in [2.05, 4.69) is 0 Å². The van der Waals surface area contributed by atoms with Crippen LogP contribution in [-0.4, -0.2) is 68.9 Å². The average molecular weight is 1570 g/mol. The number of halogens is 8. The maximum Gasteiger partial charge on any atom is 0.418 e. The van der Waals surface area contributed by atoms with Gasteiger partial charge in [-0.05, 0) is 36.4 Å². The number of rotatable bonds is 15. The third-order valence-corrected chi connectivity index (χ3v) is 20.7. The second-order valence-corrected chi connectivity index (χ2v) is 28.1. The van der Waals surface area contributed by atoms with Gasteiger partial charge < -0.3 is 9.13 Å². The summed E-state index contributed by atoms with van der Waals surface area (Å²) in [4.78, 5) is 59.7. The first kappa shape index (κ1) is 72.1. The summed E-state index contributed by atoms with van der Waals surface area (Å²) in [5, 5.41) is 1.37.